The van der Waals surface area contributed by atoms with Crippen molar-refractivity contribution in [1.29, 1.82) is 0 Å². The second-order valence-corrected chi connectivity index (χ2v) is 8.90. The fourth-order valence-electron chi connectivity index (χ4n) is 4.83. The van der Waals surface area contributed by atoms with Crippen LogP contribution in [0.5, 0.6) is 0 Å². The summed E-state index contributed by atoms with van der Waals surface area (Å²) in [4.78, 5) is 2.55. The highest BCUT2D eigenvalue weighted by Gasteiger charge is 2.48. The number of aliphatic hydroxyl groups excluding tert-OH is 1. The first-order valence-corrected chi connectivity index (χ1v) is 10.2. The summed E-state index contributed by atoms with van der Waals surface area (Å²) in [6.45, 7) is 6.82. The minimum Gasteiger partial charge on any atom is -0.384 e. The van der Waals surface area contributed by atoms with Crippen LogP contribution in [-0.4, -0.2) is 27.7 Å². The van der Waals surface area contributed by atoms with Crippen molar-refractivity contribution in [2.75, 3.05) is 0 Å². The van der Waals surface area contributed by atoms with E-state index in [0.29, 0.717) is 12.1 Å². The molecule has 1 saturated carbocycles. The number of hydrogen-bond donors (Lipinski definition) is 1. The van der Waals surface area contributed by atoms with E-state index in [4.69, 9.17) is 4.74 Å². The summed E-state index contributed by atoms with van der Waals surface area (Å²) >= 11 is 0. The third-order valence-electron chi connectivity index (χ3n) is 6.03. The second kappa shape index (κ2) is 7.38. The Hall–Kier alpha value is -1.68. The normalized spacial score (nSPS) is 27.3. The fourth-order valence-corrected chi connectivity index (χ4v) is 4.83. The van der Waals surface area contributed by atoms with Crippen molar-refractivity contribution in [2.45, 2.75) is 76.5 Å². The quantitative estimate of drug-likeness (QED) is 0.810. The maximum absolute atomic E-state index is 11.1. The van der Waals surface area contributed by atoms with Gasteiger partial charge in [-0.25, -0.2) is 0 Å². The van der Waals surface area contributed by atoms with Gasteiger partial charge in [0.25, 0.3) is 0 Å². The van der Waals surface area contributed by atoms with Crippen LogP contribution in [0, 0.1) is 0 Å². The van der Waals surface area contributed by atoms with E-state index in [2.05, 4.69) is 37.8 Å². The fraction of sp³-hybridized carbons (Fsp3) is 0.500. The molecular weight excluding hydrogens is 334 g/mol. The van der Waals surface area contributed by atoms with Gasteiger partial charge in [0.2, 0.25) is 0 Å². The summed E-state index contributed by atoms with van der Waals surface area (Å²) in [7, 11) is 0. The molecule has 2 aromatic carbocycles. The average molecular weight is 366 g/mol. The van der Waals surface area contributed by atoms with Gasteiger partial charge in [0.05, 0.1) is 6.10 Å². The topological polar surface area (TPSA) is 32.7 Å². The van der Waals surface area contributed by atoms with Crippen molar-refractivity contribution < 1.29 is 9.84 Å². The Morgan fingerprint density at radius 3 is 2.37 bits per heavy atom. The summed E-state index contributed by atoms with van der Waals surface area (Å²) in [5.41, 5.74) is 2.97. The number of aliphatic hydroxyl groups is 1. The minimum atomic E-state index is -0.643. The van der Waals surface area contributed by atoms with Gasteiger partial charge in [-0.15, -0.1) is 0 Å². The molecule has 0 bridgehead atoms. The molecule has 1 saturated heterocycles. The van der Waals surface area contributed by atoms with Gasteiger partial charge in [-0.1, -0.05) is 67.4 Å². The van der Waals surface area contributed by atoms with Crippen LogP contribution in [0.15, 0.2) is 54.6 Å². The molecule has 3 heteroatoms. The summed E-state index contributed by atoms with van der Waals surface area (Å²) in [6, 6.07) is 18.6. The van der Waals surface area contributed by atoms with Crippen molar-refractivity contribution in [3.05, 3.63) is 71.3 Å². The molecular formula is C24H31NO2. The molecule has 2 aromatic rings. The lowest BCUT2D eigenvalue weighted by Crippen LogP contribution is -2.48. The molecule has 3 nitrogen and oxygen atoms in total. The van der Waals surface area contributed by atoms with Crippen LogP contribution in [0.1, 0.15) is 75.5 Å². The van der Waals surface area contributed by atoms with Crippen LogP contribution >= 0.6 is 0 Å². The summed E-state index contributed by atoms with van der Waals surface area (Å²) < 4.78 is 6.63. The summed E-state index contributed by atoms with van der Waals surface area (Å²) in [5.74, 6) is 0. The molecule has 0 spiro atoms. The SMILES string of the molecule is CC(C)(C)N1[C@@H]2CCCC[C@H]2O[C@H]1c1ccccc1[C@@H](O)c1ccccc1. The van der Waals surface area contributed by atoms with E-state index in [1.54, 1.807) is 0 Å². The minimum absolute atomic E-state index is 0.00618. The van der Waals surface area contributed by atoms with Gasteiger partial charge in [-0.3, -0.25) is 4.90 Å². The first-order valence-electron chi connectivity index (χ1n) is 10.2. The zero-order valence-corrected chi connectivity index (χ0v) is 16.6. The Morgan fingerprint density at radius 1 is 0.963 bits per heavy atom. The van der Waals surface area contributed by atoms with Crippen LogP contribution in [0.2, 0.25) is 0 Å². The van der Waals surface area contributed by atoms with Gasteiger partial charge in [0.1, 0.15) is 12.3 Å². The summed E-state index contributed by atoms with van der Waals surface area (Å²) in [5, 5.41) is 11.1. The van der Waals surface area contributed by atoms with E-state index < -0.39 is 6.10 Å². The van der Waals surface area contributed by atoms with E-state index in [0.717, 1.165) is 23.1 Å². The molecule has 0 amide bonds. The maximum atomic E-state index is 11.1. The average Bonchev–Trinajstić information content (AvgIpc) is 3.08. The molecule has 0 radical (unpaired) electrons. The largest absolute Gasteiger partial charge is 0.384 e. The Labute approximate surface area is 163 Å². The van der Waals surface area contributed by atoms with Crippen LogP contribution in [0.25, 0.3) is 0 Å². The van der Waals surface area contributed by atoms with Crippen molar-refractivity contribution in [3.63, 3.8) is 0 Å². The van der Waals surface area contributed by atoms with Crippen LogP contribution in [-0.2, 0) is 4.74 Å². The lowest BCUT2D eigenvalue weighted by atomic mass is 9.89. The zero-order chi connectivity index (χ0) is 19.0. The third kappa shape index (κ3) is 3.56. The molecule has 1 N–H and O–H groups in total. The number of ether oxygens (including phenoxy) is 1. The molecule has 27 heavy (non-hydrogen) atoms. The molecule has 0 unspecified atom stereocenters. The van der Waals surface area contributed by atoms with E-state index in [1.165, 1.54) is 19.3 Å². The predicted octanol–water partition coefficient (Wildman–Crippen LogP) is 5.21. The van der Waals surface area contributed by atoms with Gasteiger partial charge in [0.15, 0.2) is 0 Å². The van der Waals surface area contributed by atoms with Crippen molar-refractivity contribution in [1.82, 2.24) is 4.90 Å². The molecule has 144 valence electrons. The molecule has 4 atom stereocenters. The first-order chi connectivity index (χ1) is 13.0. The van der Waals surface area contributed by atoms with E-state index in [1.807, 2.05) is 42.5 Å². The number of rotatable bonds is 3. The van der Waals surface area contributed by atoms with Crippen LogP contribution < -0.4 is 0 Å². The first kappa shape index (κ1) is 18.7. The van der Waals surface area contributed by atoms with Gasteiger partial charge in [0, 0.05) is 17.1 Å². The maximum Gasteiger partial charge on any atom is 0.138 e. The lowest BCUT2D eigenvalue weighted by Gasteiger charge is -2.41. The third-order valence-corrected chi connectivity index (χ3v) is 6.03. The number of hydrogen-bond acceptors (Lipinski definition) is 3. The molecule has 1 heterocycles. The molecule has 4 rings (SSSR count). The smallest absolute Gasteiger partial charge is 0.138 e. The Balaban J connectivity index is 1.74. The highest BCUT2D eigenvalue weighted by molar-refractivity contribution is 5.37. The Bertz CT molecular complexity index is 767. The Kier molecular flexibility index (Phi) is 5.11. The standard InChI is InChI=1S/C24H31NO2/c1-24(2,3)25-20-15-9-10-16-21(20)27-23(25)19-14-8-7-13-18(19)22(26)17-11-5-4-6-12-17/h4-8,11-14,20-23,26H,9-10,15-16H2,1-3H3/t20-,21-,22+,23+/m1/s1. The predicted molar refractivity (Wildman–Crippen MR) is 108 cm³/mol. The van der Waals surface area contributed by atoms with E-state index >= 15 is 0 Å². The highest BCUT2D eigenvalue weighted by atomic mass is 16.5. The molecule has 1 aliphatic carbocycles. The van der Waals surface area contributed by atoms with Gasteiger partial charge in [-0.05, 0) is 44.7 Å². The van der Waals surface area contributed by atoms with Crippen molar-refractivity contribution in [3.8, 4) is 0 Å². The Morgan fingerprint density at radius 2 is 1.63 bits per heavy atom. The second-order valence-electron chi connectivity index (χ2n) is 8.90. The number of fused-ring (bicyclic) bond motifs is 1. The number of benzene rings is 2. The van der Waals surface area contributed by atoms with Crippen molar-refractivity contribution >= 4 is 0 Å². The highest BCUT2D eigenvalue weighted by Crippen LogP contribution is 2.46. The molecule has 1 aliphatic heterocycles. The van der Waals surface area contributed by atoms with Crippen LogP contribution in [0.4, 0.5) is 0 Å². The lowest BCUT2D eigenvalue weighted by molar-refractivity contribution is -0.0355. The summed E-state index contributed by atoms with van der Waals surface area (Å²) in [6.07, 6.45) is 4.41. The number of nitrogens with zero attached hydrogens (tertiary/aromatic N) is 1. The van der Waals surface area contributed by atoms with Crippen molar-refractivity contribution in [2.24, 2.45) is 0 Å². The molecule has 0 aromatic heterocycles. The van der Waals surface area contributed by atoms with Gasteiger partial charge >= 0.3 is 0 Å². The van der Waals surface area contributed by atoms with Gasteiger partial charge in [-0.2, -0.15) is 0 Å². The monoisotopic (exact) mass is 365 g/mol. The van der Waals surface area contributed by atoms with E-state index in [-0.39, 0.29) is 11.8 Å². The van der Waals surface area contributed by atoms with E-state index in [9.17, 15) is 5.11 Å². The molecule has 2 fully saturated rings. The zero-order valence-electron chi connectivity index (χ0n) is 16.6. The molecule has 2 aliphatic rings. The van der Waals surface area contributed by atoms with Gasteiger partial charge < -0.3 is 9.84 Å². The van der Waals surface area contributed by atoms with Crippen LogP contribution in [0.3, 0.4) is 0 Å².